The van der Waals surface area contributed by atoms with Crippen molar-refractivity contribution in [2.24, 2.45) is 11.3 Å². The first kappa shape index (κ1) is 15.9. The lowest BCUT2D eigenvalue weighted by molar-refractivity contribution is 0.199. The van der Waals surface area contributed by atoms with Crippen molar-refractivity contribution in [2.45, 2.75) is 52.6 Å². The van der Waals surface area contributed by atoms with Crippen LogP contribution in [0.1, 0.15) is 45.7 Å². The monoisotopic (exact) mass is 295 g/mol. The Kier molecular flexibility index (Phi) is 5.58. The van der Waals surface area contributed by atoms with Gasteiger partial charge in [-0.3, -0.25) is 0 Å². The van der Waals surface area contributed by atoms with Crippen molar-refractivity contribution in [1.82, 2.24) is 15.2 Å². The van der Waals surface area contributed by atoms with Crippen molar-refractivity contribution in [1.29, 1.82) is 0 Å². The minimum Gasteiger partial charge on any atom is -0.313 e. The van der Waals surface area contributed by atoms with Gasteiger partial charge in [-0.2, -0.15) is 0 Å². The van der Waals surface area contributed by atoms with Crippen molar-refractivity contribution in [3.8, 4) is 0 Å². The van der Waals surface area contributed by atoms with Crippen molar-refractivity contribution in [3.05, 3.63) is 16.6 Å². The molecular formula is C16H29N3S. The summed E-state index contributed by atoms with van der Waals surface area (Å²) in [6, 6.07) is 0.653. The fourth-order valence-electron chi connectivity index (χ4n) is 3.51. The topological polar surface area (TPSA) is 28.2 Å². The number of nitrogens with one attached hydrogen (secondary N) is 1. The number of hydrogen-bond acceptors (Lipinski definition) is 4. The summed E-state index contributed by atoms with van der Waals surface area (Å²) in [6.45, 7) is 10.4. The van der Waals surface area contributed by atoms with Crippen LogP contribution >= 0.6 is 11.3 Å². The molecule has 1 aliphatic rings. The molecule has 0 saturated heterocycles. The van der Waals surface area contributed by atoms with Gasteiger partial charge in [0.2, 0.25) is 0 Å². The molecule has 1 heterocycles. The van der Waals surface area contributed by atoms with Crippen molar-refractivity contribution in [3.63, 3.8) is 0 Å². The Labute approximate surface area is 127 Å². The summed E-state index contributed by atoms with van der Waals surface area (Å²) in [4.78, 5) is 6.82. The quantitative estimate of drug-likeness (QED) is 0.836. The Balaban J connectivity index is 1.89. The smallest absolute Gasteiger partial charge is 0.0795 e. The summed E-state index contributed by atoms with van der Waals surface area (Å²) >= 11 is 1.69. The summed E-state index contributed by atoms with van der Waals surface area (Å²) in [6.07, 6.45) is 3.90. The van der Waals surface area contributed by atoms with Crippen LogP contribution in [-0.2, 0) is 6.54 Å². The lowest BCUT2D eigenvalue weighted by Crippen LogP contribution is -2.45. The third-order valence-electron chi connectivity index (χ3n) is 4.55. The highest BCUT2D eigenvalue weighted by Gasteiger charge is 2.41. The Morgan fingerprint density at radius 2 is 2.30 bits per heavy atom. The third kappa shape index (κ3) is 4.03. The first-order valence-corrected chi connectivity index (χ1v) is 8.76. The van der Waals surface area contributed by atoms with Gasteiger partial charge in [0.1, 0.15) is 0 Å². The molecule has 2 rings (SSSR count). The Morgan fingerprint density at radius 1 is 1.50 bits per heavy atom. The van der Waals surface area contributed by atoms with Crippen molar-refractivity contribution < 1.29 is 0 Å². The van der Waals surface area contributed by atoms with Crippen LogP contribution in [0, 0.1) is 11.3 Å². The molecule has 0 spiro atoms. The summed E-state index contributed by atoms with van der Waals surface area (Å²) in [7, 11) is 2.22. The molecule has 114 valence electrons. The first-order valence-electron chi connectivity index (χ1n) is 7.82. The molecule has 1 fully saturated rings. The van der Waals surface area contributed by atoms with Gasteiger partial charge in [0.05, 0.1) is 11.2 Å². The molecule has 2 unspecified atom stereocenters. The van der Waals surface area contributed by atoms with Gasteiger partial charge in [-0.25, -0.2) is 4.98 Å². The maximum Gasteiger partial charge on any atom is 0.0795 e. The minimum absolute atomic E-state index is 0.432. The molecule has 0 radical (unpaired) electrons. The number of nitrogens with zero attached hydrogens (tertiary/aromatic N) is 2. The van der Waals surface area contributed by atoms with Gasteiger partial charge in [0.25, 0.3) is 0 Å². The number of aromatic nitrogens is 1. The molecule has 1 saturated carbocycles. The molecule has 2 atom stereocenters. The van der Waals surface area contributed by atoms with Crippen LogP contribution in [0.2, 0.25) is 0 Å². The van der Waals surface area contributed by atoms with E-state index in [0.717, 1.165) is 19.0 Å². The molecule has 20 heavy (non-hydrogen) atoms. The average Bonchev–Trinajstić information content (AvgIpc) is 2.97. The Hall–Kier alpha value is -0.450. The molecule has 1 N–H and O–H groups in total. The molecule has 0 amide bonds. The molecular weight excluding hydrogens is 266 g/mol. The molecule has 4 heteroatoms. The van der Waals surface area contributed by atoms with E-state index in [1.807, 2.05) is 5.51 Å². The Bertz CT molecular complexity index is 388. The van der Waals surface area contributed by atoms with Crippen LogP contribution in [0.4, 0.5) is 0 Å². The summed E-state index contributed by atoms with van der Waals surface area (Å²) < 4.78 is 0. The van der Waals surface area contributed by atoms with Crippen molar-refractivity contribution in [2.75, 3.05) is 20.1 Å². The minimum atomic E-state index is 0.432. The highest BCUT2D eigenvalue weighted by molar-refractivity contribution is 7.07. The molecule has 0 aromatic carbocycles. The van der Waals surface area contributed by atoms with E-state index < -0.39 is 0 Å². The predicted molar refractivity (Wildman–Crippen MR) is 87.0 cm³/mol. The van der Waals surface area contributed by atoms with E-state index in [2.05, 4.69) is 48.4 Å². The van der Waals surface area contributed by atoms with Gasteiger partial charge in [-0.1, -0.05) is 20.8 Å². The zero-order chi connectivity index (χ0) is 14.6. The van der Waals surface area contributed by atoms with Gasteiger partial charge < -0.3 is 10.2 Å². The molecule has 1 aromatic rings. The van der Waals surface area contributed by atoms with E-state index in [1.165, 1.54) is 31.5 Å². The number of thiazole rings is 1. The van der Waals surface area contributed by atoms with Crippen LogP contribution in [-0.4, -0.2) is 36.1 Å². The van der Waals surface area contributed by atoms with Gasteiger partial charge in [-0.15, -0.1) is 11.3 Å². The van der Waals surface area contributed by atoms with E-state index in [1.54, 1.807) is 11.3 Å². The van der Waals surface area contributed by atoms with Gasteiger partial charge in [-0.05, 0) is 44.2 Å². The molecule has 1 aromatic heterocycles. The zero-order valence-electron chi connectivity index (χ0n) is 13.4. The number of rotatable bonds is 7. The fourth-order valence-corrected chi connectivity index (χ4v) is 4.06. The largest absolute Gasteiger partial charge is 0.313 e. The summed E-state index contributed by atoms with van der Waals surface area (Å²) in [5.74, 6) is 0.764. The zero-order valence-corrected chi connectivity index (χ0v) is 14.2. The SMILES string of the molecule is CCCNC1C(CN(C)Cc2cscn2)CCC1(C)C. The maximum atomic E-state index is 4.39. The van der Waals surface area contributed by atoms with Gasteiger partial charge >= 0.3 is 0 Å². The second-order valence-corrected chi connectivity index (χ2v) is 7.61. The summed E-state index contributed by atoms with van der Waals surface area (Å²) in [5, 5.41) is 5.95. The Morgan fingerprint density at radius 3 is 2.95 bits per heavy atom. The van der Waals surface area contributed by atoms with Gasteiger partial charge in [0, 0.05) is 24.5 Å². The van der Waals surface area contributed by atoms with Crippen LogP contribution < -0.4 is 5.32 Å². The maximum absolute atomic E-state index is 4.39. The molecule has 0 bridgehead atoms. The van der Waals surface area contributed by atoms with Crippen LogP contribution in [0.15, 0.2) is 10.9 Å². The standard InChI is InChI=1S/C16H29N3S/c1-5-8-17-15-13(6-7-16(15,2)3)9-19(4)10-14-11-20-12-18-14/h11-13,15,17H,5-10H2,1-4H3. The highest BCUT2D eigenvalue weighted by Crippen LogP contribution is 2.41. The van der Waals surface area contributed by atoms with Crippen molar-refractivity contribution >= 4 is 11.3 Å². The van der Waals surface area contributed by atoms with E-state index in [4.69, 9.17) is 0 Å². The first-order chi connectivity index (χ1) is 9.53. The fraction of sp³-hybridized carbons (Fsp3) is 0.812. The van der Waals surface area contributed by atoms with E-state index in [0.29, 0.717) is 11.5 Å². The highest BCUT2D eigenvalue weighted by atomic mass is 32.1. The molecule has 1 aliphatic carbocycles. The normalized spacial score (nSPS) is 25.4. The predicted octanol–water partition coefficient (Wildman–Crippen LogP) is 3.38. The average molecular weight is 295 g/mol. The van der Waals surface area contributed by atoms with E-state index in [9.17, 15) is 0 Å². The van der Waals surface area contributed by atoms with Crippen LogP contribution in [0.3, 0.4) is 0 Å². The second kappa shape index (κ2) is 7.01. The van der Waals surface area contributed by atoms with E-state index in [-0.39, 0.29) is 0 Å². The number of hydrogen-bond donors (Lipinski definition) is 1. The van der Waals surface area contributed by atoms with Gasteiger partial charge in [0.15, 0.2) is 0 Å². The molecule has 0 aliphatic heterocycles. The van der Waals surface area contributed by atoms with E-state index >= 15 is 0 Å². The lowest BCUT2D eigenvalue weighted by Gasteiger charge is -2.33. The lowest BCUT2D eigenvalue weighted by atomic mass is 9.84. The van der Waals surface area contributed by atoms with Crippen LogP contribution in [0.5, 0.6) is 0 Å². The molecule has 3 nitrogen and oxygen atoms in total. The summed E-state index contributed by atoms with van der Waals surface area (Å²) in [5.41, 5.74) is 3.56. The third-order valence-corrected chi connectivity index (χ3v) is 5.18. The second-order valence-electron chi connectivity index (χ2n) is 6.90. The van der Waals surface area contributed by atoms with Crippen LogP contribution in [0.25, 0.3) is 0 Å².